The molecule has 0 fully saturated rings. The Hall–Kier alpha value is 0.374. The predicted molar refractivity (Wildman–Crippen MR) is 12.2 cm³/mol. The molecule has 0 heterocycles. The van der Waals surface area contributed by atoms with Crippen molar-refractivity contribution < 1.29 is 27.4 Å². The molecular formula is H7NNiO2. The smallest absolute Gasteiger partial charge is 0 e. The minimum atomic E-state index is 0. The first-order valence-corrected chi connectivity index (χ1v) is 0. The second-order valence-electron chi connectivity index (χ2n) is 0. The first-order chi connectivity index (χ1) is 0. The first kappa shape index (κ1) is 357. The third-order valence-corrected chi connectivity index (χ3v) is 0. The van der Waals surface area contributed by atoms with Gasteiger partial charge in [0.15, 0.2) is 0 Å². The fraction of sp³-hybridized carbons (Fsp3) is 0. The third-order valence-electron chi connectivity index (χ3n) is 0. The van der Waals surface area contributed by atoms with Gasteiger partial charge in [0, 0.05) is 16.5 Å². The zero-order valence-corrected chi connectivity index (χ0v) is 3.01. The number of hydrogen-bond donors (Lipinski definition) is 1. The molecule has 0 spiro atoms. The van der Waals surface area contributed by atoms with Crippen LogP contribution in [0.5, 0.6) is 0 Å². The largest absolute Gasteiger partial charge is 0.412 e. The Balaban J connectivity index is 0. The first-order valence-electron chi connectivity index (χ1n) is 0. The molecule has 0 aliphatic heterocycles. The molecule has 0 amide bonds. The van der Waals surface area contributed by atoms with Crippen LogP contribution in [-0.2, 0) is 16.5 Å². The van der Waals surface area contributed by atoms with E-state index in [0.717, 1.165) is 0 Å². The third kappa shape index (κ3) is 32.1. The van der Waals surface area contributed by atoms with Crippen LogP contribution in [-0.4, -0.2) is 11.0 Å². The van der Waals surface area contributed by atoms with Crippen LogP contribution in [0.1, 0.15) is 0 Å². The summed E-state index contributed by atoms with van der Waals surface area (Å²) in [5.41, 5.74) is 0. The molecule has 0 aromatic rings. The van der Waals surface area contributed by atoms with Gasteiger partial charge in [-0.25, -0.2) is 0 Å². The van der Waals surface area contributed by atoms with Crippen molar-refractivity contribution in [3.63, 3.8) is 0 Å². The Kier molecular flexibility index (Phi) is 12200. The summed E-state index contributed by atoms with van der Waals surface area (Å²) in [6.07, 6.45) is 0. The molecule has 0 bridgehead atoms. The summed E-state index contributed by atoms with van der Waals surface area (Å²) in [7, 11) is 0. The van der Waals surface area contributed by atoms with Crippen LogP contribution in [0.15, 0.2) is 0 Å². The van der Waals surface area contributed by atoms with Crippen molar-refractivity contribution in [3.05, 3.63) is 0 Å². The molecule has 0 aliphatic carbocycles. The topological polar surface area (TPSA) is 98.0 Å². The van der Waals surface area contributed by atoms with Gasteiger partial charge >= 0.3 is 0 Å². The zero-order valence-electron chi connectivity index (χ0n) is 2.02. The summed E-state index contributed by atoms with van der Waals surface area (Å²) in [4.78, 5) is 0. The maximum atomic E-state index is 0. The van der Waals surface area contributed by atoms with Gasteiger partial charge < -0.3 is 17.1 Å². The molecule has 0 aliphatic rings. The van der Waals surface area contributed by atoms with Gasteiger partial charge in [-0.1, -0.05) is 0 Å². The molecule has 0 saturated heterocycles. The van der Waals surface area contributed by atoms with Gasteiger partial charge in [-0.15, -0.1) is 0 Å². The van der Waals surface area contributed by atoms with Crippen molar-refractivity contribution >= 4 is 0 Å². The Labute approximate surface area is 34.5 Å². The summed E-state index contributed by atoms with van der Waals surface area (Å²) in [5, 5.41) is 0. The van der Waals surface area contributed by atoms with Crippen LogP contribution in [0.4, 0.5) is 0 Å². The van der Waals surface area contributed by atoms with E-state index in [1.54, 1.807) is 0 Å². The van der Waals surface area contributed by atoms with E-state index in [0.29, 0.717) is 0 Å². The van der Waals surface area contributed by atoms with E-state index < -0.39 is 0 Å². The maximum absolute atomic E-state index is 0. The molecule has 0 unspecified atom stereocenters. The average Bonchev–Trinajstić information content (AvgIpc) is 0. The van der Waals surface area contributed by atoms with Crippen molar-refractivity contribution in [2.45, 2.75) is 0 Å². The van der Waals surface area contributed by atoms with E-state index in [4.69, 9.17) is 0 Å². The standard InChI is InChI=1S/H3N.Ni.2H2O/h1H3;;2*1H2. The summed E-state index contributed by atoms with van der Waals surface area (Å²) in [6.45, 7) is 0. The van der Waals surface area contributed by atoms with Gasteiger partial charge in [-0.05, 0) is 0 Å². The average molecular weight is 112 g/mol. The van der Waals surface area contributed by atoms with Crippen LogP contribution in [0.25, 0.3) is 0 Å². The normalized spacial score (nSPS) is 0. The predicted octanol–water partition coefficient (Wildman–Crippen LogP) is -1.49. The van der Waals surface area contributed by atoms with E-state index in [-0.39, 0.29) is 33.6 Å². The Morgan fingerprint density at radius 1 is 0.750 bits per heavy atom. The van der Waals surface area contributed by atoms with Crippen molar-refractivity contribution in [2.24, 2.45) is 0 Å². The molecule has 4 heavy (non-hydrogen) atoms. The van der Waals surface area contributed by atoms with Crippen LogP contribution >= 0.6 is 0 Å². The Morgan fingerprint density at radius 2 is 0.750 bits per heavy atom. The van der Waals surface area contributed by atoms with Crippen molar-refractivity contribution in [2.75, 3.05) is 0 Å². The summed E-state index contributed by atoms with van der Waals surface area (Å²) in [5.74, 6) is 0. The van der Waals surface area contributed by atoms with E-state index in [1.165, 1.54) is 0 Å². The van der Waals surface area contributed by atoms with E-state index in [9.17, 15) is 0 Å². The Bertz CT molecular complexity index is 6.00. The van der Waals surface area contributed by atoms with Gasteiger partial charge in [0.05, 0.1) is 0 Å². The molecule has 34 valence electrons. The molecule has 4 heteroatoms. The summed E-state index contributed by atoms with van der Waals surface area (Å²) in [6, 6.07) is 0. The summed E-state index contributed by atoms with van der Waals surface area (Å²) < 4.78 is 0. The molecule has 0 aromatic carbocycles. The van der Waals surface area contributed by atoms with Crippen LogP contribution in [0.3, 0.4) is 0 Å². The molecule has 0 rings (SSSR count). The SMILES string of the molecule is N.O.O.[Ni]. The van der Waals surface area contributed by atoms with E-state index in [2.05, 4.69) is 0 Å². The Morgan fingerprint density at radius 3 is 0.750 bits per heavy atom. The molecule has 3 nitrogen and oxygen atoms in total. The zero-order chi connectivity index (χ0) is 0. The van der Waals surface area contributed by atoms with Gasteiger partial charge in [-0.2, -0.15) is 0 Å². The fourth-order valence-electron chi connectivity index (χ4n) is 0. The van der Waals surface area contributed by atoms with Gasteiger partial charge in [0.2, 0.25) is 0 Å². The molecule has 0 radical (unpaired) electrons. The van der Waals surface area contributed by atoms with Crippen molar-refractivity contribution in [3.8, 4) is 0 Å². The second kappa shape index (κ2) is 136. The van der Waals surface area contributed by atoms with Gasteiger partial charge in [0.25, 0.3) is 0 Å². The summed E-state index contributed by atoms with van der Waals surface area (Å²) >= 11 is 0. The molecule has 0 saturated carbocycles. The number of hydrogen-bond acceptors (Lipinski definition) is 1. The second-order valence-corrected chi connectivity index (χ2v) is 0. The molecule has 7 N–H and O–H groups in total. The minimum Gasteiger partial charge on any atom is -0.412 e. The van der Waals surface area contributed by atoms with E-state index in [1.807, 2.05) is 0 Å². The maximum Gasteiger partial charge on any atom is 0 e. The van der Waals surface area contributed by atoms with Gasteiger partial charge in [0.1, 0.15) is 0 Å². The molecule has 0 atom stereocenters. The molecular weight excluding hydrogens is 105 g/mol. The fourth-order valence-corrected chi connectivity index (χ4v) is 0. The van der Waals surface area contributed by atoms with Gasteiger partial charge in [-0.3, -0.25) is 0 Å². The minimum absolute atomic E-state index is 0. The van der Waals surface area contributed by atoms with Crippen LogP contribution in [0, 0.1) is 0 Å². The molecule has 0 aromatic heterocycles. The van der Waals surface area contributed by atoms with Crippen LogP contribution in [0.2, 0.25) is 0 Å². The van der Waals surface area contributed by atoms with Crippen molar-refractivity contribution in [1.29, 1.82) is 0 Å². The quantitative estimate of drug-likeness (QED) is 0.379. The van der Waals surface area contributed by atoms with E-state index >= 15 is 0 Å². The van der Waals surface area contributed by atoms with Crippen LogP contribution < -0.4 is 6.15 Å². The monoisotopic (exact) mass is 111 g/mol. The number of rotatable bonds is 0. The van der Waals surface area contributed by atoms with Crippen molar-refractivity contribution in [1.82, 2.24) is 6.15 Å².